The fourth-order valence-electron chi connectivity index (χ4n) is 3.08. The molecule has 2 unspecified atom stereocenters. The van der Waals surface area contributed by atoms with Crippen LogP contribution in [0.2, 0.25) is 0 Å². The summed E-state index contributed by atoms with van der Waals surface area (Å²) in [4.78, 5) is 0. The van der Waals surface area contributed by atoms with E-state index in [1.807, 2.05) is 24.3 Å². The van der Waals surface area contributed by atoms with Gasteiger partial charge in [-0.1, -0.05) is 18.2 Å². The zero-order valence-corrected chi connectivity index (χ0v) is 16.7. The summed E-state index contributed by atoms with van der Waals surface area (Å²) in [6.07, 6.45) is 0.673. The van der Waals surface area contributed by atoms with E-state index in [9.17, 15) is 16.8 Å². The number of hydrogen-bond acceptors (Lipinski definition) is 7. The van der Waals surface area contributed by atoms with Crippen molar-refractivity contribution in [3.63, 3.8) is 0 Å². The highest BCUT2D eigenvalue weighted by Crippen LogP contribution is 2.28. The molecule has 1 saturated heterocycles. The van der Waals surface area contributed by atoms with E-state index >= 15 is 0 Å². The molecule has 1 N–H and O–H groups in total. The Morgan fingerprint density at radius 3 is 2.54 bits per heavy atom. The van der Waals surface area contributed by atoms with Crippen LogP contribution in [0.15, 0.2) is 46.0 Å². The van der Waals surface area contributed by atoms with Crippen LogP contribution in [0.3, 0.4) is 0 Å². The van der Waals surface area contributed by atoms with Gasteiger partial charge in [-0.3, -0.25) is 0 Å². The van der Waals surface area contributed by atoms with Crippen molar-refractivity contribution in [1.82, 2.24) is 5.32 Å². The van der Waals surface area contributed by atoms with E-state index in [2.05, 4.69) is 5.32 Å². The molecule has 0 aliphatic carbocycles. The van der Waals surface area contributed by atoms with Gasteiger partial charge >= 0.3 is 0 Å². The Labute approximate surface area is 158 Å². The maximum atomic E-state index is 12.8. The van der Waals surface area contributed by atoms with Crippen LogP contribution in [0, 0.1) is 0 Å². The van der Waals surface area contributed by atoms with Gasteiger partial charge in [0.1, 0.15) is 9.96 Å². The first kappa shape index (κ1) is 19.3. The number of hydrogen-bond donors (Lipinski definition) is 1. The van der Waals surface area contributed by atoms with Gasteiger partial charge in [0.25, 0.3) is 0 Å². The number of rotatable bonds is 7. The van der Waals surface area contributed by atoms with Gasteiger partial charge in [-0.25, -0.2) is 16.8 Å². The van der Waals surface area contributed by atoms with Crippen LogP contribution in [0.1, 0.15) is 5.56 Å². The molecule has 1 aromatic carbocycles. The number of benzene rings is 1. The van der Waals surface area contributed by atoms with Crippen molar-refractivity contribution in [3.05, 3.63) is 47.3 Å². The highest BCUT2D eigenvalue weighted by molar-refractivity contribution is 7.97. The molecule has 1 fully saturated rings. The standard InChI is InChI=1S/C17H21NO5S3/c1-23-14-6-4-13(5-7-14)8-9-18-15-11-25(19,20)12-16(15)26(21,22)17-3-2-10-24-17/h2-7,10,15-16,18H,8-9,11-12H2,1H3. The van der Waals surface area contributed by atoms with E-state index in [0.29, 0.717) is 13.0 Å². The van der Waals surface area contributed by atoms with Gasteiger partial charge in [0.15, 0.2) is 19.7 Å². The molecule has 2 heterocycles. The number of thiophene rings is 1. The Morgan fingerprint density at radius 2 is 1.92 bits per heavy atom. The molecule has 2 aromatic rings. The molecule has 3 rings (SSSR count). The second kappa shape index (κ2) is 7.67. The molecule has 26 heavy (non-hydrogen) atoms. The van der Waals surface area contributed by atoms with Gasteiger partial charge in [0.05, 0.1) is 23.9 Å². The number of methoxy groups -OCH3 is 1. The van der Waals surface area contributed by atoms with Crippen molar-refractivity contribution in [1.29, 1.82) is 0 Å². The van der Waals surface area contributed by atoms with E-state index in [1.165, 1.54) is 6.07 Å². The van der Waals surface area contributed by atoms with Crippen LogP contribution in [0.25, 0.3) is 0 Å². The third-order valence-corrected chi connectivity index (χ3v) is 10.0. The highest BCUT2D eigenvalue weighted by atomic mass is 32.2. The average molecular weight is 416 g/mol. The molecule has 9 heteroatoms. The quantitative estimate of drug-likeness (QED) is 0.738. The van der Waals surface area contributed by atoms with Crippen LogP contribution in [-0.4, -0.2) is 53.3 Å². The minimum Gasteiger partial charge on any atom is -0.497 e. The first-order valence-electron chi connectivity index (χ1n) is 8.16. The lowest BCUT2D eigenvalue weighted by molar-refractivity contribution is 0.414. The van der Waals surface area contributed by atoms with Gasteiger partial charge < -0.3 is 10.1 Å². The summed E-state index contributed by atoms with van der Waals surface area (Å²) in [5.74, 6) is 0.295. The Hall–Kier alpha value is -1.42. The lowest BCUT2D eigenvalue weighted by atomic mass is 10.1. The van der Waals surface area contributed by atoms with E-state index in [0.717, 1.165) is 22.6 Å². The fraction of sp³-hybridized carbons (Fsp3) is 0.412. The van der Waals surface area contributed by atoms with Crippen LogP contribution in [-0.2, 0) is 26.1 Å². The van der Waals surface area contributed by atoms with Gasteiger partial charge in [-0.2, -0.15) is 0 Å². The molecule has 0 spiro atoms. The summed E-state index contributed by atoms with van der Waals surface area (Å²) in [6.45, 7) is 0.503. The predicted octanol–water partition coefficient (Wildman–Crippen LogP) is 1.53. The zero-order valence-electron chi connectivity index (χ0n) is 14.3. The molecule has 0 amide bonds. The first-order valence-corrected chi connectivity index (χ1v) is 12.4. The maximum absolute atomic E-state index is 12.8. The molecular weight excluding hydrogens is 394 g/mol. The van der Waals surface area contributed by atoms with Gasteiger partial charge in [-0.05, 0) is 42.1 Å². The molecule has 142 valence electrons. The van der Waals surface area contributed by atoms with Gasteiger partial charge in [-0.15, -0.1) is 11.3 Å². The Kier molecular flexibility index (Phi) is 5.71. The van der Waals surface area contributed by atoms with Crippen LogP contribution in [0.4, 0.5) is 0 Å². The predicted molar refractivity (Wildman–Crippen MR) is 102 cm³/mol. The topological polar surface area (TPSA) is 89.5 Å². The number of ether oxygens (including phenoxy) is 1. The summed E-state index contributed by atoms with van der Waals surface area (Å²) >= 11 is 1.12. The SMILES string of the molecule is COc1ccc(CCNC2CS(=O)(=O)CC2S(=O)(=O)c2cccs2)cc1. The smallest absolute Gasteiger partial charge is 0.193 e. The zero-order chi connectivity index (χ0) is 18.8. The van der Waals surface area contributed by atoms with Crippen LogP contribution >= 0.6 is 11.3 Å². The second-order valence-corrected chi connectivity index (χ2v) is 11.7. The van der Waals surface area contributed by atoms with Crippen molar-refractivity contribution >= 4 is 31.0 Å². The maximum Gasteiger partial charge on any atom is 0.193 e. The van der Waals surface area contributed by atoms with E-state index in [4.69, 9.17) is 4.74 Å². The summed E-state index contributed by atoms with van der Waals surface area (Å²) in [5, 5.41) is 3.89. The minimum absolute atomic E-state index is 0.148. The molecule has 2 atom stereocenters. The summed E-state index contributed by atoms with van der Waals surface area (Å²) in [5.41, 5.74) is 1.07. The van der Waals surface area contributed by atoms with E-state index in [-0.39, 0.29) is 15.7 Å². The molecular formula is C17H21NO5S3. The first-order chi connectivity index (χ1) is 12.3. The normalized spacial score (nSPS) is 22.3. The summed E-state index contributed by atoms with van der Waals surface area (Å²) in [7, 11) is -5.43. The van der Waals surface area contributed by atoms with Crippen LogP contribution < -0.4 is 10.1 Å². The lowest BCUT2D eigenvalue weighted by Gasteiger charge is -2.19. The molecule has 0 radical (unpaired) electrons. The van der Waals surface area contributed by atoms with Gasteiger partial charge in [0, 0.05) is 6.04 Å². The number of sulfone groups is 2. The average Bonchev–Trinajstić information content (AvgIpc) is 3.24. The molecule has 6 nitrogen and oxygen atoms in total. The molecule has 1 aromatic heterocycles. The lowest BCUT2D eigenvalue weighted by Crippen LogP contribution is -2.43. The van der Waals surface area contributed by atoms with Gasteiger partial charge in [0.2, 0.25) is 0 Å². The van der Waals surface area contributed by atoms with E-state index < -0.39 is 31.0 Å². The molecule has 1 aliphatic rings. The minimum atomic E-state index is -3.66. The van der Waals surface area contributed by atoms with Crippen molar-refractivity contribution in [2.24, 2.45) is 0 Å². The molecule has 1 aliphatic heterocycles. The van der Waals surface area contributed by atoms with Crippen molar-refractivity contribution in [2.75, 3.05) is 25.2 Å². The van der Waals surface area contributed by atoms with Crippen molar-refractivity contribution < 1.29 is 21.6 Å². The summed E-state index contributed by atoms with van der Waals surface area (Å²) in [6, 6.07) is 10.2. The molecule has 0 bridgehead atoms. The Bertz CT molecular complexity index is 935. The van der Waals surface area contributed by atoms with E-state index in [1.54, 1.807) is 18.6 Å². The Balaban J connectivity index is 1.68. The Morgan fingerprint density at radius 1 is 1.19 bits per heavy atom. The third kappa shape index (κ3) is 4.28. The monoisotopic (exact) mass is 415 g/mol. The van der Waals surface area contributed by atoms with Crippen molar-refractivity contribution in [2.45, 2.75) is 21.9 Å². The third-order valence-electron chi connectivity index (χ3n) is 4.45. The fourth-order valence-corrected chi connectivity index (χ4v) is 9.02. The van der Waals surface area contributed by atoms with Crippen LogP contribution in [0.5, 0.6) is 5.75 Å². The summed E-state index contributed by atoms with van der Waals surface area (Å²) < 4.78 is 55.0. The largest absolute Gasteiger partial charge is 0.497 e. The highest BCUT2D eigenvalue weighted by Gasteiger charge is 2.45. The van der Waals surface area contributed by atoms with Crippen molar-refractivity contribution in [3.8, 4) is 5.75 Å². The second-order valence-electron chi connectivity index (χ2n) is 6.25. The molecule has 0 saturated carbocycles. The number of nitrogens with one attached hydrogen (secondary N) is 1.